The molecule has 21 heavy (non-hydrogen) atoms. The lowest BCUT2D eigenvalue weighted by Crippen LogP contribution is -1.96. The molecule has 0 radical (unpaired) electrons. The maximum absolute atomic E-state index is 11.5. The molecule has 0 aliphatic rings. The molecule has 0 unspecified atom stereocenters. The van der Waals surface area contributed by atoms with Crippen molar-refractivity contribution in [2.45, 2.75) is 6.92 Å². The van der Waals surface area contributed by atoms with E-state index in [0.29, 0.717) is 5.69 Å². The second-order valence-electron chi connectivity index (χ2n) is 4.55. The highest BCUT2D eigenvalue weighted by atomic mass is 79.9. The zero-order valence-electron chi connectivity index (χ0n) is 11.1. The quantitative estimate of drug-likeness (QED) is 0.752. The molecule has 106 valence electrons. The number of carboxylic acids is 1. The van der Waals surface area contributed by atoms with E-state index in [2.05, 4.69) is 21.0 Å². The number of hydrogen-bond donors (Lipinski definition) is 1. The van der Waals surface area contributed by atoms with Crippen LogP contribution >= 0.6 is 27.3 Å². The fraction of sp³-hybridized carbons (Fsp3) is 0.0667. The number of aryl methyl sites for hydroxylation is 1. The number of carboxylic acid groups (broad SMARTS) is 1. The summed E-state index contributed by atoms with van der Waals surface area (Å²) in [5.41, 5.74) is 2.58. The van der Waals surface area contributed by atoms with Crippen LogP contribution in [0.4, 0.5) is 0 Å². The average molecular weight is 363 g/mol. The lowest BCUT2D eigenvalue weighted by atomic mass is 10.2. The SMILES string of the molecule is Cc1ccsc1-c1nn(-c2ccc(Br)cc2)cc1C(=O)O. The Morgan fingerprint density at radius 2 is 2.00 bits per heavy atom. The third kappa shape index (κ3) is 2.64. The fourth-order valence-corrected chi connectivity index (χ4v) is 3.23. The minimum atomic E-state index is -0.971. The third-order valence-corrected chi connectivity index (χ3v) is 4.66. The minimum Gasteiger partial charge on any atom is -0.478 e. The summed E-state index contributed by atoms with van der Waals surface area (Å²) >= 11 is 4.88. The number of halogens is 1. The van der Waals surface area contributed by atoms with Gasteiger partial charge in [-0.2, -0.15) is 5.10 Å². The lowest BCUT2D eigenvalue weighted by Gasteiger charge is -2.00. The molecule has 3 aromatic rings. The van der Waals surface area contributed by atoms with Crippen LogP contribution in [0, 0.1) is 6.92 Å². The van der Waals surface area contributed by atoms with Crippen LogP contribution in [0.3, 0.4) is 0 Å². The van der Waals surface area contributed by atoms with Gasteiger partial charge in [0.05, 0.1) is 10.6 Å². The Hall–Kier alpha value is -1.92. The minimum absolute atomic E-state index is 0.212. The van der Waals surface area contributed by atoms with Crippen molar-refractivity contribution in [3.63, 3.8) is 0 Å². The van der Waals surface area contributed by atoms with Gasteiger partial charge < -0.3 is 5.11 Å². The molecular formula is C15H11BrN2O2S. The molecule has 6 heteroatoms. The number of aromatic carboxylic acids is 1. The molecule has 0 fully saturated rings. The van der Waals surface area contributed by atoms with Crippen LogP contribution in [0.25, 0.3) is 16.3 Å². The van der Waals surface area contributed by atoms with Gasteiger partial charge in [-0.3, -0.25) is 0 Å². The van der Waals surface area contributed by atoms with Crippen molar-refractivity contribution < 1.29 is 9.90 Å². The van der Waals surface area contributed by atoms with Gasteiger partial charge in [-0.15, -0.1) is 11.3 Å². The highest BCUT2D eigenvalue weighted by Gasteiger charge is 2.19. The van der Waals surface area contributed by atoms with Crippen LogP contribution < -0.4 is 0 Å². The van der Waals surface area contributed by atoms with Gasteiger partial charge in [0.25, 0.3) is 0 Å². The smallest absolute Gasteiger partial charge is 0.339 e. The molecule has 0 atom stereocenters. The van der Waals surface area contributed by atoms with Crippen LogP contribution in [0.5, 0.6) is 0 Å². The molecule has 1 N–H and O–H groups in total. The first kappa shape index (κ1) is 14.0. The monoisotopic (exact) mass is 362 g/mol. The normalized spacial score (nSPS) is 10.8. The molecule has 0 aliphatic carbocycles. The van der Waals surface area contributed by atoms with E-state index in [-0.39, 0.29) is 5.56 Å². The van der Waals surface area contributed by atoms with E-state index >= 15 is 0 Å². The van der Waals surface area contributed by atoms with Crippen molar-refractivity contribution in [1.82, 2.24) is 9.78 Å². The number of thiophene rings is 1. The molecule has 0 bridgehead atoms. The van der Waals surface area contributed by atoms with E-state index in [1.54, 1.807) is 10.9 Å². The van der Waals surface area contributed by atoms with Crippen molar-refractivity contribution >= 4 is 33.2 Å². The molecule has 1 aromatic carbocycles. The highest BCUT2D eigenvalue weighted by molar-refractivity contribution is 9.10. The summed E-state index contributed by atoms with van der Waals surface area (Å²) in [5, 5.41) is 15.8. The maximum atomic E-state index is 11.5. The molecule has 0 aliphatic heterocycles. The van der Waals surface area contributed by atoms with Crippen LogP contribution in [-0.4, -0.2) is 20.9 Å². The molecule has 0 saturated heterocycles. The second-order valence-corrected chi connectivity index (χ2v) is 6.38. The molecule has 0 saturated carbocycles. The van der Waals surface area contributed by atoms with Crippen LogP contribution in [0.15, 0.2) is 46.4 Å². The Kier molecular flexibility index (Phi) is 3.65. The molecule has 0 amide bonds. The second kappa shape index (κ2) is 5.46. The van der Waals surface area contributed by atoms with E-state index in [0.717, 1.165) is 20.6 Å². The summed E-state index contributed by atoms with van der Waals surface area (Å²) in [6, 6.07) is 9.52. The van der Waals surface area contributed by atoms with Crippen LogP contribution in [-0.2, 0) is 0 Å². The number of hydrogen-bond acceptors (Lipinski definition) is 3. The van der Waals surface area contributed by atoms with Crippen LogP contribution in [0.2, 0.25) is 0 Å². The zero-order valence-corrected chi connectivity index (χ0v) is 13.5. The van der Waals surface area contributed by atoms with Gasteiger partial charge in [0.1, 0.15) is 11.3 Å². The maximum Gasteiger partial charge on any atom is 0.339 e. The predicted molar refractivity (Wildman–Crippen MR) is 86.3 cm³/mol. The first-order chi connectivity index (χ1) is 10.1. The molecular weight excluding hydrogens is 352 g/mol. The Labute approximate surface area is 133 Å². The van der Waals surface area contributed by atoms with Crippen LogP contribution in [0.1, 0.15) is 15.9 Å². The fourth-order valence-electron chi connectivity index (χ4n) is 2.04. The lowest BCUT2D eigenvalue weighted by molar-refractivity contribution is 0.0697. The van der Waals surface area contributed by atoms with E-state index in [9.17, 15) is 9.90 Å². The van der Waals surface area contributed by atoms with Gasteiger partial charge in [-0.25, -0.2) is 9.48 Å². The summed E-state index contributed by atoms with van der Waals surface area (Å²) in [5.74, 6) is -0.971. The van der Waals surface area contributed by atoms with Gasteiger partial charge in [0.15, 0.2) is 0 Å². The number of carbonyl (C=O) groups is 1. The Morgan fingerprint density at radius 3 is 2.57 bits per heavy atom. The number of nitrogens with zero attached hydrogens (tertiary/aromatic N) is 2. The van der Waals surface area contributed by atoms with Crippen molar-refractivity contribution in [2.24, 2.45) is 0 Å². The van der Waals surface area contributed by atoms with Gasteiger partial charge in [-0.05, 0) is 48.2 Å². The average Bonchev–Trinajstić information content (AvgIpc) is 3.05. The van der Waals surface area contributed by atoms with Crippen molar-refractivity contribution in [3.8, 4) is 16.3 Å². The number of rotatable bonds is 3. The van der Waals surface area contributed by atoms with Gasteiger partial charge in [-0.1, -0.05) is 15.9 Å². The number of benzene rings is 1. The molecule has 0 spiro atoms. The van der Waals surface area contributed by atoms with Crippen molar-refractivity contribution in [2.75, 3.05) is 0 Å². The Balaban J connectivity index is 2.15. The molecule has 3 rings (SSSR count). The summed E-state index contributed by atoms with van der Waals surface area (Å²) in [6.07, 6.45) is 1.56. The van der Waals surface area contributed by atoms with Gasteiger partial charge in [0.2, 0.25) is 0 Å². The molecule has 2 heterocycles. The number of aromatic nitrogens is 2. The zero-order chi connectivity index (χ0) is 15.0. The molecule has 4 nitrogen and oxygen atoms in total. The topological polar surface area (TPSA) is 55.1 Å². The van der Waals surface area contributed by atoms with E-state index in [4.69, 9.17) is 0 Å². The predicted octanol–water partition coefficient (Wildman–Crippen LogP) is 4.37. The van der Waals surface area contributed by atoms with Crippen molar-refractivity contribution in [1.29, 1.82) is 0 Å². The Morgan fingerprint density at radius 1 is 1.29 bits per heavy atom. The van der Waals surface area contributed by atoms with Gasteiger partial charge >= 0.3 is 5.97 Å². The van der Waals surface area contributed by atoms with E-state index in [1.165, 1.54) is 11.3 Å². The highest BCUT2D eigenvalue weighted by Crippen LogP contribution is 2.31. The van der Waals surface area contributed by atoms with E-state index in [1.807, 2.05) is 42.6 Å². The summed E-state index contributed by atoms with van der Waals surface area (Å²) in [6.45, 7) is 1.95. The van der Waals surface area contributed by atoms with Crippen molar-refractivity contribution in [3.05, 3.63) is 57.5 Å². The summed E-state index contributed by atoms with van der Waals surface area (Å²) in [7, 11) is 0. The first-order valence-corrected chi connectivity index (χ1v) is 7.87. The largest absolute Gasteiger partial charge is 0.478 e. The third-order valence-electron chi connectivity index (χ3n) is 3.11. The molecule has 2 aromatic heterocycles. The summed E-state index contributed by atoms with van der Waals surface area (Å²) < 4.78 is 2.57. The van der Waals surface area contributed by atoms with Gasteiger partial charge in [0, 0.05) is 10.7 Å². The Bertz CT molecular complexity index is 805. The first-order valence-electron chi connectivity index (χ1n) is 6.19. The van der Waals surface area contributed by atoms with E-state index < -0.39 is 5.97 Å². The summed E-state index contributed by atoms with van der Waals surface area (Å²) in [4.78, 5) is 12.4. The standard InChI is InChI=1S/C15H11BrN2O2S/c1-9-6-7-21-14(9)13-12(15(19)20)8-18(17-13)11-4-2-10(16)3-5-11/h2-8H,1H3,(H,19,20).